The smallest absolute Gasteiger partial charge is 0.0361 e. The molecule has 1 heteroatoms. The molecule has 0 aliphatic heterocycles. The molecule has 0 fully saturated rings. The average molecular weight is 295 g/mol. The molecule has 2 rings (SSSR count). The predicted octanol–water partition coefficient (Wildman–Crippen LogP) is 5.71. The SMILES string of the molecule is CCC(CC)CC(c1ccccc1)c1ccc(N(C)C)cc1. The summed E-state index contributed by atoms with van der Waals surface area (Å²) in [5.41, 5.74) is 4.13. The van der Waals surface area contributed by atoms with E-state index in [1.54, 1.807) is 0 Å². The molecule has 0 amide bonds. The van der Waals surface area contributed by atoms with E-state index in [1.807, 2.05) is 0 Å². The van der Waals surface area contributed by atoms with Crippen molar-refractivity contribution in [1.82, 2.24) is 0 Å². The molecule has 0 saturated carbocycles. The van der Waals surface area contributed by atoms with E-state index in [0.717, 1.165) is 5.92 Å². The molecule has 1 atom stereocenters. The zero-order valence-corrected chi connectivity index (χ0v) is 14.4. The first-order valence-electron chi connectivity index (χ1n) is 8.47. The fourth-order valence-corrected chi connectivity index (χ4v) is 3.11. The van der Waals surface area contributed by atoms with E-state index in [9.17, 15) is 0 Å². The number of benzene rings is 2. The van der Waals surface area contributed by atoms with Crippen LogP contribution in [0.1, 0.15) is 50.2 Å². The number of hydrogen-bond acceptors (Lipinski definition) is 1. The maximum Gasteiger partial charge on any atom is 0.0361 e. The largest absolute Gasteiger partial charge is 0.378 e. The normalized spacial score (nSPS) is 12.4. The molecule has 0 N–H and O–H groups in total. The molecule has 0 aliphatic carbocycles. The Hall–Kier alpha value is -1.76. The summed E-state index contributed by atoms with van der Waals surface area (Å²) in [6.45, 7) is 4.62. The molecule has 2 aromatic carbocycles. The lowest BCUT2D eigenvalue weighted by molar-refractivity contribution is 0.432. The van der Waals surface area contributed by atoms with Crippen molar-refractivity contribution in [3.05, 3.63) is 65.7 Å². The van der Waals surface area contributed by atoms with Crippen molar-refractivity contribution in [1.29, 1.82) is 0 Å². The summed E-state index contributed by atoms with van der Waals surface area (Å²) in [4.78, 5) is 2.15. The van der Waals surface area contributed by atoms with Gasteiger partial charge < -0.3 is 4.90 Å². The van der Waals surface area contributed by atoms with Crippen LogP contribution in [-0.4, -0.2) is 14.1 Å². The molecular weight excluding hydrogens is 266 g/mol. The van der Waals surface area contributed by atoms with Crippen molar-refractivity contribution in [2.24, 2.45) is 5.92 Å². The third-order valence-electron chi connectivity index (χ3n) is 4.74. The third kappa shape index (κ3) is 4.13. The van der Waals surface area contributed by atoms with Gasteiger partial charge in [-0.15, -0.1) is 0 Å². The Labute approximate surface area is 136 Å². The van der Waals surface area contributed by atoms with Crippen LogP contribution in [0.4, 0.5) is 5.69 Å². The summed E-state index contributed by atoms with van der Waals surface area (Å²) in [5, 5.41) is 0. The Morgan fingerprint density at radius 3 is 1.82 bits per heavy atom. The van der Waals surface area contributed by atoms with Crippen LogP contribution in [-0.2, 0) is 0 Å². The van der Waals surface area contributed by atoms with E-state index in [1.165, 1.54) is 36.1 Å². The molecule has 2 aromatic rings. The summed E-state index contributed by atoms with van der Waals surface area (Å²) >= 11 is 0. The average Bonchev–Trinajstić information content (AvgIpc) is 2.57. The number of rotatable bonds is 7. The summed E-state index contributed by atoms with van der Waals surface area (Å²) < 4.78 is 0. The molecule has 0 heterocycles. The maximum absolute atomic E-state index is 2.31. The minimum Gasteiger partial charge on any atom is -0.378 e. The molecule has 0 aliphatic rings. The van der Waals surface area contributed by atoms with Gasteiger partial charge in [0.1, 0.15) is 0 Å². The minimum absolute atomic E-state index is 0.502. The molecule has 118 valence electrons. The van der Waals surface area contributed by atoms with E-state index in [0.29, 0.717) is 5.92 Å². The van der Waals surface area contributed by atoms with E-state index in [2.05, 4.69) is 87.4 Å². The Morgan fingerprint density at radius 2 is 1.32 bits per heavy atom. The molecule has 0 spiro atoms. The van der Waals surface area contributed by atoms with Crippen LogP contribution in [0, 0.1) is 5.92 Å². The van der Waals surface area contributed by atoms with E-state index < -0.39 is 0 Å². The molecular formula is C21H29N. The summed E-state index contributed by atoms with van der Waals surface area (Å²) in [5.74, 6) is 1.29. The van der Waals surface area contributed by atoms with Gasteiger partial charge in [-0.05, 0) is 35.6 Å². The van der Waals surface area contributed by atoms with Gasteiger partial charge >= 0.3 is 0 Å². The molecule has 0 saturated heterocycles. The summed E-state index contributed by atoms with van der Waals surface area (Å²) in [6.07, 6.45) is 3.75. The van der Waals surface area contributed by atoms with Crippen molar-refractivity contribution in [2.75, 3.05) is 19.0 Å². The van der Waals surface area contributed by atoms with Crippen LogP contribution in [0.25, 0.3) is 0 Å². The van der Waals surface area contributed by atoms with Gasteiger partial charge in [0.05, 0.1) is 0 Å². The second-order valence-corrected chi connectivity index (χ2v) is 6.37. The number of anilines is 1. The van der Waals surface area contributed by atoms with Crippen LogP contribution in [0.3, 0.4) is 0 Å². The first-order valence-corrected chi connectivity index (χ1v) is 8.47. The molecule has 1 nitrogen and oxygen atoms in total. The van der Waals surface area contributed by atoms with E-state index in [4.69, 9.17) is 0 Å². The fourth-order valence-electron chi connectivity index (χ4n) is 3.11. The van der Waals surface area contributed by atoms with E-state index in [-0.39, 0.29) is 0 Å². The van der Waals surface area contributed by atoms with Gasteiger partial charge in [-0.1, -0.05) is 69.2 Å². The van der Waals surface area contributed by atoms with Crippen LogP contribution in [0.2, 0.25) is 0 Å². The minimum atomic E-state index is 0.502. The number of hydrogen-bond donors (Lipinski definition) is 0. The van der Waals surface area contributed by atoms with Gasteiger partial charge in [-0.3, -0.25) is 0 Å². The number of nitrogens with zero attached hydrogens (tertiary/aromatic N) is 1. The van der Waals surface area contributed by atoms with Gasteiger partial charge in [-0.25, -0.2) is 0 Å². The predicted molar refractivity (Wildman–Crippen MR) is 97.7 cm³/mol. The standard InChI is InChI=1S/C21H29N/c1-5-17(6-2)16-21(18-10-8-7-9-11-18)19-12-14-20(15-13-19)22(3)4/h7-15,17,21H,5-6,16H2,1-4H3. The van der Waals surface area contributed by atoms with Gasteiger partial charge in [0.15, 0.2) is 0 Å². The van der Waals surface area contributed by atoms with Crippen molar-refractivity contribution in [3.63, 3.8) is 0 Å². The zero-order valence-electron chi connectivity index (χ0n) is 14.4. The Morgan fingerprint density at radius 1 is 0.773 bits per heavy atom. The Balaban J connectivity index is 2.31. The summed E-state index contributed by atoms with van der Waals surface area (Å²) in [7, 11) is 4.18. The zero-order chi connectivity index (χ0) is 15.9. The highest BCUT2D eigenvalue weighted by Gasteiger charge is 2.18. The highest BCUT2D eigenvalue weighted by Crippen LogP contribution is 2.33. The second kappa shape index (κ2) is 8.03. The molecule has 0 aromatic heterocycles. The Bertz CT molecular complexity index is 538. The van der Waals surface area contributed by atoms with Crippen LogP contribution < -0.4 is 4.90 Å². The Kier molecular flexibility index (Phi) is 6.06. The molecule has 0 radical (unpaired) electrons. The lowest BCUT2D eigenvalue weighted by atomic mass is 9.82. The second-order valence-electron chi connectivity index (χ2n) is 6.37. The van der Waals surface area contributed by atoms with Crippen LogP contribution in [0.15, 0.2) is 54.6 Å². The van der Waals surface area contributed by atoms with E-state index >= 15 is 0 Å². The molecule has 1 unspecified atom stereocenters. The van der Waals surface area contributed by atoms with Crippen molar-refractivity contribution in [3.8, 4) is 0 Å². The lowest BCUT2D eigenvalue weighted by Crippen LogP contribution is -2.10. The first-order chi connectivity index (χ1) is 10.7. The highest BCUT2D eigenvalue weighted by atomic mass is 15.1. The molecule has 22 heavy (non-hydrogen) atoms. The maximum atomic E-state index is 2.31. The van der Waals surface area contributed by atoms with Crippen molar-refractivity contribution >= 4 is 5.69 Å². The van der Waals surface area contributed by atoms with Gasteiger partial charge in [-0.2, -0.15) is 0 Å². The van der Waals surface area contributed by atoms with Gasteiger partial charge in [0.25, 0.3) is 0 Å². The van der Waals surface area contributed by atoms with Crippen molar-refractivity contribution < 1.29 is 0 Å². The first kappa shape index (κ1) is 16.6. The third-order valence-corrected chi connectivity index (χ3v) is 4.74. The van der Waals surface area contributed by atoms with Gasteiger partial charge in [0, 0.05) is 25.7 Å². The van der Waals surface area contributed by atoms with Gasteiger partial charge in [0.2, 0.25) is 0 Å². The van der Waals surface area contributed by atoms with Crippen molar-refractivity contribution in [2.45, 2.75) is 39.0 Å². The summed E-state index contributed by atoms with van der Waals surface area (Å²) in [6, 6.07) is 20.0. The quantitative estimate of drug-likeness (QED) is 0.632. The van der Waals surface area contributed by atoms with Crippen LogP contribution in [0.5, 0.6) is 0 Å². The van der Waals surface area contributed by atoms with Crippen LogP contribution >= 0.6 is 0 Å². The highest BCUT2D eigenvalue weighted by molar-refractivity contribution is 5.47. The monoisotopic (exact) mass is 295 g/mol. The fraction of sp³-hybridized carbons (Fsp3) is 0.429. The lowest BCUT2D eigenvalue weighted by Gasteiger charge is -2.24. The molecule has 0 bridgehead atoms. The topological polar surface area (TPSA) is 3.24 Å².